The number of aromatic nitrogens is 1. The van der Waals surface area contributed by atoms with E-state index in [4.69, 9.17) is 0 Å². The quantitative estimate of drug-likeness (QED) is 0.780. The number of alkyl halides is 3. The van der Waals surface area contributed by atoms with Crippen molar-refractivity contribution in [2.75, 3.05) is 0 Å². The Morgan fingerprint density at radius 2 is 1.72 bits per heavy atom. The van der Waals surface area contributed by atoms with E-state index in [2.05, 4.69) is 4.28 Å². The number of benzene rings is 1. The number of nitrogens with zero attached hydrogens (tertiary/aromatic N) is 1. The van der Waals surface area contributed by atoms with Gasteiger partial charge in [0.25, 0.3) is 0 Å². The molecule has 0 spiro atoms. The van der Waals surface area contributed by atoms with Crippen LogP contribution in [0, 0.1) is 6.92 Å². The van der Waals surface area contributed by atoms with E-state index in [9.17, 15) is 31.8 Å². The Kier molecular flexibility index (Phi) is 4.94. The minimum atomic E-state index is -6.05. The summed E-state index contributed by atoms with van der Waals surface area (Å²) in [4.78, 5) is 0. The first kappa shape index (κ1) is 19.0. The molecule has 1 aromatic carbocycles. The van der Waals surface area contributed by atoms with Crippen molar-refractivity contribution in [2.45, 2.75) is 31.7 Å². The number of halogens is 3. The van der Waals surface area contributed by atoms with Gasteiger partial charge in [0, 0.05) is 17.0 Å². The average molecular weight is 379 g/mol. The molecule has 0 bridgehead atoms. The van der Waals surface area contributed by atoms with Crippen molar-refractivity contribution in [3.05, 3.63) is 47.0 Å². The van der Waals surface area contributed by atoms with Gasteiger partial charge in [-0.25, -0.2) is 0 Å². The highest BCUT2D eigenvalue weighted by Gasteiger charge is 2.50. The fraction of sp³-hybridized carbons (Fsp3) is 0.333. The van der Waals surface area contributed by atoms with Gasteiger partial charge >= 0.3 is 15.6 Å². The van der Waals surface area contributed by atoms with Crippen molar-refractivity contribution in [1.29, 1.82) is 0 Å². The van der Waals surface area contributed by atoms with E-state index in [1.165, 1.54) is 6.92 Å². The maximum Gasteiger partial charge on any atom is 0.536 e. The number of aromatic hydroxyl groups is 2. The Morgan fingerprint density at radius 1 is 1.16 bits per heavy atom. The Balaban J connectivity index is 2.57. The zero-order valence-corrected chi connectivity index (χ0v) is 14.1. The average Bonchev–Trinajstić information content (AvgIpc) is 2.73. The van der Waals surface area contributed by atoms with Gasteiger partial charge < -0.3 is 10.2 Å². The van der Waals surface area contributed by atoms with Crippen LogP contribution in [-0.2, 0) is 10.1 Å². The van der Waals surface area contributed by atoms with Crippen molar-refractivity contribution < 1.29 is 36.1 Å². The van der Waals surface area contributed by atoms with Gasteiger partial charge in [-0.1, -0.05) is 42.0 Å². The Hall–Kier alpha value is -2.36. The number of rotatable bonds is 5. The SMILES string of the molecule is CCC(c1ccccc1)c1c(C)c(O)n(OS(=O)(=O)C(F)(F)F)c1O. The second-order valence-electron chi connectivity index (χ2n) is 5.33. The molecule has 0 saturated carbocycles. The van der Waals surface area contributed by atoms with Gasteiger partial charge in [-0.15, -0.1) is 0 Å². The molecule has 2 rings (SSSR count). The molecule has 25 heavy (non-hydrogen) atoms. The van der Waals surface area contributed by atoms with E-state index in [1.807, 2.05) is 0 Å². The standard InChI is InChI=1S/C15H16F3NO5S/c1-3-11(10-7-5-4-6-8-10)12-9(2)13(20)19(14(12)21)24-25(22,23)15(16,17)18/h4-8,11,20-21H,3H2,1-2H3. The minimum absolute atomic E-state index is 0.0191. The third-order valence-corrected chi connectivity index (χ3v) is 4.69. The molecule has 0 aliphatic carbocycles. The highest BCUT2D eigenvalue weighted by atomic mass is 32.2. The Bertz CT molecular complexity index is 860. The Labute approximate surface area is 142 Å². The summed E-state index contributed by atoms with van der Waals surface area (Å²) in [6.07, 6.45) is 0.438. The fourth-order valence-corrected chi connectivity index (χ4v) is 2.99. The molecular formula is C15H16F3NO5S. The van der Waals surface area contributed by atoms with E-state index >= 15 is 0 Å². The maximum atomic E-state index is 12.5. The van der Waals surface area contributed by atoms with Crippen LogP contribution in [0.3, 0.4) is 0 Å². The van der Waals surface area contributed by atoms with Crippen LogP contribution in [0.5, 0.6) is 11.8 Å². The molecule has 0 fully saturated rings. The van der Waals surface area contributed by atoms with Gasteiger partial charge in [-0.3, -0.25) is 4.28 Å². The second kappa shape index (κ2) is 6.51. The first-order valence-corrected chi connectivity index (χ1v) is 8.61. The summed E-state index contributed by atoms with van der Waals surface area (Å²) in [6, 6.07) is 8.74. The molecule has 1 atom stereocenters. The van der Waals surface area contributed by atoms with Crippen LogP contribution in [0.15, 0.2) is 30.3 Å². The molecule has 0 aliphatic rings. The summed E-state index contributed by atoms with van der Waals surface area (Å²) in [5, 5.41) is 20.2. The monoisotopic (exact) mass is 379 g/mol. The van der Waals surface area contributed by atoms with E-state index in [1.54, 1.807) is 37.3 Å². The second-order valence-corrected chi connectivity index (χ2v) is 6.85. The highest BCUT2D eigenvalue weighted by molar-refractivity contribution is 7.87. The minimum Gasteiger partial charge on any atom is -0.492 e. The summed E-state index contributed by atoms with van der Waals surface area (Å²) in [7, 11) is -6.05. The van der Waals surface area contributed by atoms with Gasteiger partial charge in [0.1, 0.15) is 0 Å². The first-order valence-electron chi connectivity index (χ1n) is 7.20. The van der Waals surface area contributed by atoms with Crippen LogP contribution in [0.1, 0.15) is 36.0 Å². The lowest BCUT2D eigenvalue weighted by atomic mass is 9.88. The molecule has 1 unspecified atom stereocenters. The molecule has 2 aromatic rings. The van der Waals surface area contributed by atoms with Gasteiger partial charge in [0.15, 0.2) is 0 Å². The molecular weight excluding hydrogens is 363 g/mol. The molecule has 1 heterocycles. The third kappa shape index (κ3) is 3.39. The van der Waals surface area contributed by atoms with Crippen LogP contribution in [-0.4, -0.2) is 28.9 Å². The van der Waals surface area contributed by atoms with Crippen LogP contribution in [0.2, 0.25) is 0 Å². The molecule has 138 valence electrons. The predicted octanol–water partition coefficient (Wildman–Crippen LogP) is 3.03. The van der Waals surface area contributed by atoms with E-state index < -0.39 is 33.3 Å². The van der Waals surface area contributed by atoms with Gasteiger partial charge in [-0.05, 0) is 18.9 Å². The van der Waals surface area contributed by atoms with Crippen LogP contribution in [0.25, 0.3) is 0 Å². The van der Waals surface area contributed by atoms with Crippen molar-refractivity contribution >= 4 is 10.1 Å². The van der Waals surface area contributed by atoms with Crippen LogP contribution < -0.4 is 4.28 Å². The van der Waals surface area contributed by atoms with Crippen molar-refractivity contribution in [1.82, 2.24) is 4.73 Å². The molecule has 0 amide bonds. The van der Waals surface area contributed by atoms with Crippen molar-refractivity contribution in [3.63, 3.8) is 0 Å². The summed E-state index contributed by atoms with van der Waals surface area (Å²) < 4.78 is 63.6. The molecule has 10 heteroatoms. The zero-order chi connectivity index (χ0) is 19.0. The van der Waals surface area contributed by atoms with E-state index in [0.717, 1.165) is 5.56 Å². The molecule has 1 aromatic heterocycles. The van der Waals surface area contributed by atoms with Crippen LogP contribution in [0.4, 0.5) is 13.2 Å². The lowest BCUT2D eigenvalue weighted by molar-refractivity contribution is -0.0554. The first-order chi connectivity index (χ1) is 11.5. The molecule has 6 nitrogen and oxygen atoms in total. The van der Waals surface area contributed by atoms with Crippen LogP contribution >= 0.6 is 0 Å². The smallest absolute Gasteiger partial charge is 0.492 e. The largest absolute Gasteiger partial charge is 0.536 e. The lowest BCUT2D eigenvalue weighted by Crippen LogP contribution is -2.32. The summed E-state index contributed by atoms with van der Waals surface area (Å²) >= 11 is 0. The molecule has 0 radical (unpaired) electrons. The van der Waals surface area contributed by atoms with Crippen molar-refractivity contribution in [2.24, 2.45) is 0 Å². The van der Waals surface area contributed by atoms with Gasteiger partial charge in [0.2, 0.25) is 11.8 Å². The van der Waals surface area contributed by atoms with E-state index in [-0.39, 0.29) is 15.9 Å². The van der Waals surface area contributed by atoms with Gasteiger partial charge in [0.05, 0.1) is 0 Å². The van der Waals surface area contributed by atoms with E-state index in [0.29, 0.717) is 6.42 Å². The number of hydrogen-bond donors (Lipinski definition) is 2. The van der Waals surface area contributed by atoms with Crippen molar-refractivity contribution in [3.8, 4) is 11.8 Å². The highest BCUT2D eigenvalue weighted by Crippen LogP contribution is 2.42. The maximum absolute atomic E-state index is 12.5. The molecule has 0 aliphatic heterocycles. The Morgan fingerprint density at radius 3 is 2.20 bits per heavy atom. The fourth-order valence-electron chi connectivity index (χ4n) is 2.57. The predicted molar refractivity (Wildman–Crippen MR) is 82.6 cm³/mol. The number of hydrogen-bond acceptors (Lipinski definition) is 5. The zero-order valence-electron chi connectivity index (χ0n) is 13.3. The summed E-state index contributed by atoms with van der Waals surface area (Å²) in [6.45, 7) is 3.12. The topological polar surface area (TPSA) is 88.8 Å². The van der Waals surface area contributed by atoms with Gasteiger partial charge in [-0.2, -0.15) is 21.6 Å². The molecule has 0 saturated heterocycles. The molecule has 2 N–H and O–H groups in total. The lowest BCUT2D eigenvalue weighted by Gasteiger charge is -2.16. The normalized spacial score (nSPS) is 13.6. The third-order valence-electron chi connectivity index (χ3n) is 3.78. The summed E-state index contributed by atoms with van der Waals surface area (Å²) in [5.74, 6) is -2.31. The summed E-state index contributed by atoms with van der Waals surface area (Å²) in [5.41, 5.74) is -4.86.